The van der Waals surface area contributed by atoms with Crippen molar-refractivity contribution in [2.45, 2.75) is 5.03 Å². The lowest BCUT2D eigenvalue weighted by Gasteiger charge is -2.03. The maximum Gasteiger partial charge on any atom is 0.338 e. The summed E-state index contributed by atoms with van der Waals surface area (Å²) in [7, 11) is 0. The summed E-state index contributed by atoms with van der Waals surface area (Å²) in [6.45, 7) is 0.180. The number of aromatic carboxylic acids is 1. The number of aliphatic hydroxyl groups is 1. The Morgan fingerprint density at radius 1 is 1.38 bits per heavy atom. The lowest BCUT2D eigenvalue weighted by atomic mass is 10.3. The van der Waals surface area contributed by atoms with Crippen molar-refractivity contribution in [3.05, 3.63) is 23.9 Å². The summed E-state index contributed by atoms with van der Waals surface area (Å²) >= 11 is 3.07. The highest BCUT2D eigenvalue weighted by Crippen LogP contribution is 2.20. The molecule has 0 aliphatic carbocycles. The second-order valence-corrected chi connectivity index (χ2v) is 5.15. The molecule has 16 heavy (non-hydrogen) atoms. The quantitative estimate of drug-likeness (QED) is 0.572. The number of aliphatic hydroxyl groups excluding tert-OH is 1. The zero-order valence-electron chi connectivity index (χ0n) is 8.63. The van der Waals surface area contributed by atoms with Gasteiger partial charge >= 0.3 is 5.97 Å². The van der Waals surface area contributed by atoms with Crippen LogP contribution in [0.3, 0.4) is 0 Å². The zero-order valence-corrected chi connectivity index (χ0v) is 10.3. The van der Waals surface area contributed by atoms with Crippen LogP contribution in [0.4, 0.5) is 0 Å². The molecule has 0 bridgehead atoms. The molecular weight excluding hydrogens is 246 g/mol. The van der Waals surface area contributed by atoms with Crippen LogP contribution >= 0.6 is 23.5 Å². The van der Waals surface area contributed by atoms with Crippen molar-refractivity contribution in [3.8, 4) is 0 Å². The fourth-order valence-corrected chi connectivity index (χ4v) is 2.81. The SMILES string of the molecule is O=C(O)c1cccnc1SCCSCCO. The first-order valence-electron chi connectivity index (χ1n) is 4.75. The molecule has 4 nitrogen and oxygen atoms in total. The number of carbonyl (C=O) groups is 1. The number of aromatic nitrogens is 1. The van der Waals surface area contributed by atoms with Crippen molar-refractivity contribution in [3.63, 3.8) is 0 Å². The van der Waals surface area contributed by atoms with E-state index in [2.05, 4.69) is 4.98 Å². The van der Waals surface area contributed by atoms with Gasteiger partial charge in [0.1, 0.15) is 5.03 Å². The van der Waals surface area contributed by atoms with Gasteiger partial charge in [-0.05, 0) is 12.1 Å². The Morgan fingerprint density at radius 3 is 2.88 bits per heavy atom. The zero-order chi connectivity index (χ0) is 11.8. The van der Waals surface area contributed by atoms with E-state index in [1.807, 2.05) is 0 Å². The average Bonchev–Trinajstić information content (AvgIpc) is 2.29. The third-order valence-electron chi connectivity index (χ3n) is 1.70. The van der Waals surface area contributed by atoms with Crippen LogP contribution in [-0.2, 0) is 0 Å². The van der Waals surface area contributed by atoms with Crippen molar-refractivity contribution in [2.75, 3.05) is 23.9 Å². The standard InChI is InChI=1S/C10H13NO3S2/c12-4-5-15-6-7-16-9-8(10(13)14)2-1-3-11-9/h1-3,12H,4-7H2,(H,13,14). The van der Waals surface area contributed by atoms with E-state index in [4.69, 9.17) is 10.2 Å². The third kappa shape index (κ3) is 4.42. The summed E-state index contributed by atoms with van der Waals surface area (Å²) in [6, 6.07) is 3.17. The molecule has 0 saturated heterocycles. The largest absolute Gasteiger partial charge is 0.478 e. The summed E-state index contributed by atoms with van der Waals surface area (Å²) in [5, 5.41) is 18.1. The molecule has 0 radical (unpaired) electrons. The number of carboxylic acid groups (broad SMARTS) is 1. The number of carboxylic acids is 1. The Kier molecular flexibility index (Phi) is 6.29. The highest BCUT2D eigenvalue weighted by molar-refractivity contribution is 8.02. The molecule has 88 valence electrons. The molecule has 0 unspecified atom stereocenters. The average molecular weight is 259 g/mol. The van der Waals surface area contributed by atoms with Crippen LogP contribution in [0, 0.1) is 0 Å². The first-order chi connectivity index (χ1) is 7.75. The van der Waals surface area contributed by atoms with Crippen LogP contribution < -0.4 is 0 Å². The molecule has 0 spiro atoms. The predicted octanol–water partition coefficient (Wildman–Crippen LogP) is 1.60. The topological polar surface area (TPSA) is 70.4 Å². The Hall–Kier alpha value is -0.720. The fourth-order valence-electron chi connectivity index (χ4n) is 1.03. The van der Waals surface area contributed by atoms with Gasteiger partial charge in [-0.2, -0.15) is 11.8 Å². The molecule has 0 aliphatic rings. The smallest absolute Gasteiger partial charge is 0.338 e. The van der Waals surface area contributed by atoms with Gasteiger partial charge in [0.25, 0.3) is 0 Å². The van der Waals surface area contributed by atoms with Crippen LogP contribution in [-0.4, -0.2) is 45.0 Å². The van der Waals surface area contributed by atoms with E-state index in [1.165, 1.54) is 11.8 Å². The maximum atomic E-state index is 10.9. The van der Waals surface area contributed by atoms with Crippen molar-refractivity contribution in [1.29, 1.82) is 0 Å². The highest BCUT2D eigenvalue weighted by Gasteiger charge is 2.10. The first kappa shape index (κ1) is 13.3. The van der Waals surface area contributed by atoms with Gasteiger partial charge < -0.3 is 10.2 Å². The summed E-state index contributed by atoms with van der Waals surface area (Å²) in [5.74, 6) is 1.44. The molecule has 2 N–H and O–H groups in total. The van der Waals surface area contributed by atoms with Gasteiger partial charge in [-0.3, -0.25) is 0 Å². The van der Waals surface area contributed by atoms with Crippen LogP contribution in [0.15, 0.2) is 23.4 Å². The minimum absolute atomic E-state index is 0.180. The number of hydrogen-bond donors (Lipinski definition) is 2. The molecule has 0 aromatic carbocycles. The number of pyridine rings is 1. The second kappa shape index (κ2) is 7.54. The molecule has 0 amide bonds. The number of thioether (sulfide) groups is 2. The van der Waals surface area contributed by atoms with Gasteiger partial charge in [0.15, 0.2) is 0 Å². The summed E-state index contributed by atoms with van der Waals surface area (Å²) in [4.78, 5) is 14.9. The van der Waals surface area contributed by atoms with Crippen molar-refractivity contribution < 1.29 is 15.0 Å². The Labute approximate surface area is 102 Å². The minimum atomic E-state index is -0.946. The molecule has 0 aliphatic heterocycles. The van der Waals surface area contributed by atoms with E-state index < -0.39 is 5.97 Å². The number of rotatable bonds is 7. The Morgan fingerprint density at radius 2 is 2.19 bits per heavy atom. The van der Waals surface area contributed by atoms with Crippen molar-refractivity contribution in [1.82, 2.24) is 4.98 Å². The summed E-state index contributed by atoms with van der Waals surface area (Å²) < 4.78 is 0. The number of hydrogen-bond acceptors (Lipinski definition) is 5. The molecule has 6 heteroatoms. The van der Waals surface area contributed by atoms with Crippen molar-refractivity contribution >= 4 is 29.5 Å². The van der Waals surface area contributed by atoms with E-state index in [1.54, 1.807) is 30.1 Å². The first-order valence-corrected chi connectivity index (χ1v) is 6.89. The van der Waals surface area contributed by atoms with Gasteiger partial charge in [0.05, 0.1) is 12.2 Å². The fraction of sp³-hybridized carbons (Fsp3) is 0.400. The summed E-state index contributed by atoms with van der Waals surface area (Å²) in [5.41, 5.74) is 0.250. The van der Waals surface area contributed by atoms with Gasteiger partial charge in [-0.15, -0.1) is 11.8 Å². The molecule has 1 aromatic heterocycles. The van der Waals surface area contributed by atoms with E-state index >= 15 is 0 Å². The van der Waals surface area contributed by atoms with Gasteiger partial charge in [-0.1, -0.05) is 0 Å². The van der Waals surface area contributed by atoms with Crippen LogP contribution in [0.25, 0.3) is 0 Å². The van der Waals surface area contributed by atoms with Crippen molar-refractivity contribution in [2.24, 2.45) is 0 Å². The molecule has 1 heterocycles. The van der Waals surface area contributed by atoms with Gasteiger partial charge in [0, 0.05) is 23.5 Å². The van der Waals surface area contributed by atoms with E-state index in [0.29, 0.717) is 10.8 Å². The molecule has 1 aromatic rings. The monoisotopic (exact) mass is 259 g/mol. The lowest BCUT2D eigenvalue weighted by Crippen LogP contribution is -2.01. The van der Waals surface area contributed by atoms with E-state index in [9.17, 15) is 4.79 Å². The molecular formula is C10H13NO3S2. The van der Waals surface area contributed by atoms with Crippen LogP contribution in [0.2, 0.25) is 0 Å². The Bertz CT molecular complexity index is 347. The van der Waals surface area contributed by atoms with E-state index in [-0.39, 0.29) is 12.2 Å². The summed E-state index contributed by atoms with van der Waals surface area (Å²) in [6.07, 6.45) is 1.59. The molecule has 1 rings (SSSR count). The maximum absolute atomic E-state index is 10.9. The van der Waals surface area contributed by atoms with Crippen LogP contribution in [0.5, 0.6) is 0 Å². The molecule has 0 atom stereocenters. The van der Waals surface area contributed by atoms with Gasteiger partial charge in [-0.25, -0.2) is 9.78 Å². The van der Waals surface area contributed by atoms with Crippen LogP contribution in [0.1, 0.15) is 10.4 Å². The third-order valence-corrected chi connectivity index (χ3v) is 3.93. The lowest BCUT2D eigenvalue weighted by molar-refractivity contribution is 0.0692. The highest BCUT2D eigenvalue weighted by atomic mass is 32.2. The number of nitrogens with zero attached hydrogens (tertiary/aromatic N) is 1. The normalized spacial score (nSPS) is 10.3. The predicted molar refractivity (Wildman–Crippen MR) is 66.3 cm³/mol. The minimum Gasteiger partial charge on any atom is -0.478 e. The molecule has 0 saturated carbocycles. The second-order valence-electron chi connectivity index (χ2n) is 2.85. The van der Waals surface area contributed by atoms with E-state index in [0.717, 1.165) is 11.5 Å². The Balaban J connectivity index is 2.44. The van der Waals surface area contributed by atoms with Gasteiger partial charge in [0.2, 0.25) is 0 Å². The molecule has 0 fully saturated rings.